The maximum Gasteiger partial charge on any atom is 0.300 e. The minimum Gasteiger partial charge on any atom is -0.507 e. The molecule has 1 N–H and O–H groups in total. The van der Waals surface area contributed by atoms with Gasteiger partial charge in [0.1, 0.15) is 17.3 Å². The standard InChI is InChI=1S/C30H28N2O5/c1-17(2)37-23-12-8-21(9-13-23)26-25(27(33)24-15-18(3)14-19(4)29(24)36-5)28(34)30(35)32(26)22-10-6-20(16-31)7-11-22/h6-15,17,26,33H,1-5H3/b27-25+. The summed E-state index contributed by atoms with van der Waals surface area (Å²) >= 11 is 0. The van der Waals surface area contributed by atoms with Crippen molar-refractivity contribution >= 4 is 23.1 Å². The van der Waals surface area contributed by atoms with Gasteiger partial charge in [0.15, 0.2) is 0 Å². The molecule has 7 nitrogen and oxygen atoms in total. The first kappa shape index (κ1) is 25.5. The van der Waals surface area contributed by atoms with Crippen LogP contribution in [-0.4, -0.2) is 30.0 Å². The molecule has 1 aliphatic heterocycles. The molecule has 0 saturated carbocycles. The highest BCUT2D eigenvalue weighted by Gasteiger charge is 2.47. The van der Waals surface area contributed by atoms with Crippen molar-refractivity contribution in [1.29, 1.82) is 5.26 Å². The van der Waals surface area contributed by atoms with Crippen LogP contribution in [0.4, 0.5) is 5.69 Å². The highest BCUT2D eigenvalue weighted by atomic mass is 16.5. The van der Waals surface area contributed by atoms with Crippen LogP contribution in [0.25, 0.3) is 5.76 Å². The second-order valence-electron chi connectivity index (χ2n) is 9.23. The topological polar surface area (TPSA) is 99.9 Å². The van der Waals surface area contributed by atoms with Crippen LogP contribution in [0.15, 0.2) is 66.2 Å². The van der Waals surface area contributed by atoms with Crippen LogP contribution < -0.4 is 14.4 Å². The third-order valence-corrected chi connectivity index (χ3v) is 6.16. The number of hydrogen-bond donors (Lipinski definition) is 1. The largest absolute Gasteiger partial charge is 0.507 e. The molecule has 0 spiro atoms. The van der Waals surface area contributed by atoms with Crippen molar-refractivity contribution < 1.29 is 24.2 Å². The van der Waals surface area contributed by atoms with Crippen LogP contribution in [0.3, 0.4) is 0 Å². The summed E-state index contributed by atoms with van der Waals surface area (Å²) in [5.41, 5.74) is 3.42. The third-order valence-electron chi connectivity index (χ3n) is 6.16. The van der Waals surface area contributed by atoms with Gasteiger partial charge in [0, 0.05) is 5.69 Å². The summed E-state index contributed by atoms with van der Waals surface area (Å²) in [6, 6.07) is 18.3. The summed E-state index contributed by atoms with van der Waals surface area (Å²) in [6.45, 7) is 7.57. The van der Waals surface area contributed by atoms with Crippen molar-refractivity contribution in [2.24, 2.45) is 0 Å². The van der Waals surface area contributed by atoms with Gasteiger partial charge < -0.3 is 14.6 Å². The van der Waals surface area contributed by atoms with Gasteiger partial charge in [0.25, 0.3) is 11.7 Å². The van der Waals surface area contributed by atoms with E-state index < -0.39 is 17.7 Å². The number of carbonyl (C=O) groups excluding carboxylic acids is 2. The number of Topliss-reactive ketones (excluding diaryl/α,β-unsaturated/α-hetero) is 1. The van der Waals surface area contributed by atoms with Crippen LogP contribution >= 0.6 is 0 Å². The Morgan fingerprint density at radius 1 is 1.03 bits per heavy atom. The molecule has 1 heterocycles. The molecule has 1 saturated heterocycles. The van der Waals surface area contributed by atoms with Gasteiger partial charge >= 0.3 is 0 Å². The molecule has 1 unspecified atom stereocenters. The van der Waals surface area contributed by atoms with E-state index in [-0.39, 0.29) is 17.4 Å². The van der Waals surface area contributed by atoms with Gasteiger partial charge in [-0.1, -0.05) is 18.2 Å². The van der Waals surface area contributed by atoms with E-state index in [1.54, 1.807) is 54.6 Å². The van der Waals surface area contributed by atoms with E-state index in [2.05, 4.69) is 6.07 Å². The van der Waals surface area contributed by atoms with Gasteiger partial charge in [-0.25, -0.2) is 0 Å². The molecule has 1 amide bonds. The first-order chi connectivity index (χ1) is 17.7. The van der Waals surface area contributed by atoms with Crippen molar-refractivity contribution in [2.45, 2.75) is 39.8 Å². The van der Waals surface area contributed by atoms with Crippen molar-refractivity contribution in [3.05, 3.63) is 94.1 Å². The van der Waals surface area contributed by atoms with Crippen LogP contribution in [0.1, 0.15) is 47.7 Å². The second-order valence-corrected chi connectivity index (χ2v) is 9.23. The number of aryl methyl sites for hydroxylation is 2. The number of hydrogen-bond acceptors (Lipinski definition) is 6. The Morgan fingerprint density at radius 3 is 2.24 bits per heavy atom. The zero-order chi connectivity index (χ0) is 26.9. The number of aliphatic hydroxyl groups is 1. The van der Waals surface area contributed by atoms with Gasteiger partial charge in [-0.05, 0) is 86.8 Å². The van der Waals surface area contributed by atoms with E-state index in [0.29, 0.717) is 33.9 Å². The van der Waals surface area contributed by atoms with Gasteiger partial charge in [-0.2, -0.15) is 5.26 Å². The zero-order valence-electron chi connectivity index (χ0n) is 21.4. The van der Waals surface area contributed by atoms with E-state index in [0.717, 1.165) is 11.1 Å². The Balaban J connectivity index is 1.95. The fourth-order valence-electron chi connectivity index (χ4n) is 4.66. The summed E-state index contributed by atoms with van der Waals surface area (Å²) in [4.78, 5) is 28.2. The van der Waals surface area contributed by atoms with Gasteiger partial charge in [-0.3, -0.25) is 14.5 Å². The monoisotopic (exact) mass is 496 g/mol. The predicted octanol–water partition coefficient (Wildman–Crippen LogP) is 5.60. The number of methoxy groups -OCH3 is 1. The summed E-state index contributed by atoms with van der Waals surface area (Å²) in [5, 5.41) is 20.7. The third kappa shape index (κ3) is 4.78. The number of nitrogens with zero attached hydrogens (tertiary/aromatic N) is 2. The molecular weight excluding hydrogens is 468 g/mol. The second kappa shape index (κ2) is 10.2. The normalized spacial score (nSPS) is 16.7. The van der Waals surface area contributed by atoms with E-state index in [1.807, 2.05) is 33.8 Å². The Morgan fingerprint density at radius 2 is 1.68 bits per heavy atom. The Bertz CT molecular complexity index is 1430. The zero-order valence-corrected chi connectivity index (χ0v) is 21.4. The number of aliphatic hydroxyl groups excluding tert-OH is 1. The number of rotatable bonds is 6. The highest BCUT2D eigenvalue weighted by Crippen LogP contribution is 2.44. The maximum absolute atomic E-state index is 13.5. The SMILES string of the molecule is COc1c(C)cc(C)cc1/C(O)=C1\C(=O)C(=O)N(c2ccc(C#N)cc2)C1c1ccc(OC(C)C)cc1. The number of nitriles is 1. The molecule has 37 heavy (non-hydrogen) atoms. The van der Waals surface area contributed by atoms with Gasteiger partial charge in [-0.15, -0.1) is 0 Å². The molecule has 0 aliphatic carbocycles. The highest BCUT2D eigenvalue weighted by molar-refractivity contribution is 6.51. The van der Waals surface area contributed by atoms with Crippen molar-refractivity contribution in [1.82, 2.24) is 0 Å². The van der Waals surface area contributed by atoms with Crippen LogP contribution in [0.2, 0.25) is 0 Å². The van der Waals surface area contributed by atoms with Crippen LogP contribution in [-0.2, 0) is 9.59 Å². The van der Waals surface area contributed by atoms with E-state index in [9.17, 15) is 20.0 Å². The predicted molar refractivity (Wildman–Crippen MR) is 141 cm³/mol. The summed E-state index contributed by atoms with van der Waals surface area (Å²) in [5.74, 6) is -0.833. The van der Waals surface area contributed by atoms with Gasteiger partial charge in [0.05, 0.1) is 42.0 Å². The molecule has 188 valence electrons. The number of ether oxygens (including phenoxy) is 2. The number of carbonyl (C=O) groups is 2. The number of benzene rings is 3. The molecule has 7 heteroatoms. The molecule has 3 aromatic rings. The molecule has 1 fully saturated rings. The summed E-state index contributed by atoms with van der Waals surface area (Å²) < 4.78 is 11.3. The lowest BCUT2D eigenvalue weighted by Crippen LogP contribution is -2.29. The number of amides is 1. The molecule has 1 atom stereocenters. The summed E-state index contributed by atoms with van der Waals surface area (Å²) in [6.07, 6.45) is -0.0211. The average molecular weight is 497 g/mol. The minimum absolute atomic E-state index is 0.0211. The molecule has 4 rings (SSSR count). The Kier molecular flexibility index (Phi) is 7.03. The van der Waals surface area contributed by atoms with E-state index in [4.69, 9.17) is 9.47 Å². The van der Waals surface area contributed by atoms with Crippen molar-refractivity contribution in [3.63, 3.8) is 0 Å². The molecule has 1 aliphatic rings. The lowest BCUT2D eigenvalue weighted by molar-refractivity contribution is -0.132. The molecular formula is C30H28N2O5. The minimum atomic E-state index is -0.911. The quantitative estimate of drug-likeness (QED) is 0.271. The lowest BCUT2D eigenvalue weighted by Gasteiger charge is -2.26. The number of ketones is 1. The van der Waals surface area contributed by atoms with Crippen molar-refractivity contribution in [3.8, 4) is 17.6 Å². The van der Waals surface area contributed by atoms with Crippen molar-refractivity contribution in [2.75, 3.05) is 12.0 Å². The van der Waals surface area contributed by atoms with Crippen LogP contribution in [0, 0.1) is 25.2 Å². The molecule has 0 bridgehead atoms. The average Bonchev–Trinajstić information content (AvgIpc) is 3.13. The Hall–Kier alpha value is -4.57. The lowest BCUT2D eigenvalue weighted by atomic mass is 9.93. The Labute approximate surface area is 216 Å². The van der Waals surface area contributed by atoms with Crippen LogP contribution in [0.5, 0.6) is 11.5 Å². The molecule has 3 aromatic carbocycles. The fraction of sp³-hybridized carbons (Fsp3) is 0.233. The summed E-state index contributed by atoms with van der Waals surface area (Å²) in [7, 11) is 1.49. The van der Waals surface area contributed by atoms with Gasteiger partial charge in [0.2, 0.25) is 0 Å². The maximum atomic E-state index is 13.5. The first-order valence-corrected chi connectivity index (χ1v) is 11.9. The fourth-order valence-corrected chi connectivity index (χ4v) is 4.66. The first-order valence-electron chi connectivity index (χ1n) is 11.9. The molecule has 0 aromatic heterocycles. The van der Waals surface area contributed by atoms with E-state index >= 15 is 0 Å². The smallest absolute Gasteiger partial charge is 0.300 e. The van der Waals surface area contributed by atoms with E-state index in [1.165, 1.54) is 12.0 Å². The molecule has 0 radical (unpaired) electrons. The number of anilines is 1.